The van der Waals surface area contributed by atoms with Gasteiger partial charge in [-0.15, -0.1) is 0 Å². The number of amides is 2. The van der Waals surface area contributed by atoms with Gasteiger partial charge in [0.1, 0.15) is 0 Å². The highest BCUT2D eigenvalue weighted by Crippen LogP contribution is 2.38. The summed E-state index contributed by atoms with van der Waals surface area (Å²) in [5.41, 5.74) is 7.38. The highest BCUT2D eigenvalue weighted by atomic mass is 19.4. The fourth-order valence-electron chi connectivity index (χ4n) is 4.92. The van der Waals surface area contributed by atoms with Crippen LogP contribution in [0, 0.1) is 6.92 Å². The number of anilines is 3. The number of nitrogens with one attached hydrogen (secondary N) is 1. The van der Waals surface area contributed by atoms with Gasteiger partial charge in [-0.05, 0) is 43.5 Å². The molecule has 2 aromatic rings. The van der Waals surface area contributed by atoms with Crippen molar-refractivity contribution >= 4 is 28.9 Å². The Labute approximate surface area is 209 Å². The molecule has 2 amide bonds. The minimum Gasteiger partial charge on any atom is -0.397 e. The Bertz CT molecular complexity index is 1110. The van der Waals surface area contributed by atoms with E-state index in [-0.39, 0.29) is 23.8 Å². The number of para-hydroxylation sites is 1. The minimum absolute atomic E-state index is 0.0729. The number of hydrogen-bond acceptors (Lipinski definition) is 5. The zero-order valence-electron chi connectivity index (χ0n) is 20.4. The first-order valence-electron chi connectivity index (χ1n) is 12.3. The Morgan fingerprint density at radius 3 is 2.31 bits per heavy atom. The molecule has 4 rings (SSSR count). The van der Waals surface area contributed by atoms with Gasteiger partial charge in [-0.3, -0.25) is 9.59 Å². The van der Waals surface area contributed by atoms with Crippen LogP contribution < -0.4 is 20.9 Å². The molecule has 2 fully saturated rings. The number of nitrogen functional groups attached to an aromatic ring is 1. The van der Waals surface area contributed by atoms with Gasteiger partial charge in [0.05, 0.1) is 22.5 Å². The van der Waals surface area contributed by atoms with Crippen LogP contribution in [0.3, 0.4) is 0 Å². The number of likely N-dealkylation sites (tertiary alicyclic amines) is 1. The normalized spacial score (nSPS) is 16.6. The average Bonchev–Trinajstić information content (AvgIpc) is 3.26. The van der Waals surface area contributed by atoms with E-state index in [1.807, 2.05) is 36.1 Å². The number of alkyl halides is 3. The van der Waals surface area contributed by atoms with Gasteiger partial charge in [-0.2, -0.15) is 13.2 Å². The molecule has 36 heavy (non-hydrogen) atoms. The number of rotatable bonds is 7. The molecule has 0 unspecified atom stereocenters. The van der Waals surface area contributed by atoms with Crippen molar-refractivity contribution in [2.75, 3.05) is 61.3 Å². The lowest BCUT2D eigenvalue weighted by Gasteiger charge is -2.38. The molecule has 2 aromatic carbocycles. The molecule has 2 heterocycles. The van der Waals surface area contributed by atoms with E-state index in [1.165, 1.54) is 0 Å². The van der Waals surface area contributed by atoms with Gasteiger partial charge in [0.15, 0.2) is 0 Å². The summed E-state index contributed by atoms with van der Waals surface area (Å²) in [6, 6.07) is 10.1. The Hall–Kier alpha value is -3.43. The van der Waals surface area contributed by atoms with Crippen LogP contribution in [0.25, 0.3) is 0 Å². The lowest BCUT2D eigenvalue weighted by atomic mass is 10.0. The summed E-state index contributed by atoms with van der Waals surface area (Å²) in [6.45, 7) is 5.67. The van der Waals surface area contributed by atoms with Crippen LogP contribution in [0.2, 0.25) is 0 Å². The minimum atomic E-state index is -4.71. The summed E-state index contributed by atoms with van der Waals surface area (Å²) in [5.74, 6) is -0.749. The molecular weight excluding hydrogens is 471 g/mol. The van der Waals surface area contributed by atoms with Crippen LogP contribution in [-0.4, -0.2) is 62.5 Å². The molecule has 0 saturated carbocycles. The molecule has 3 N–H and O–H groups in total. The maximum atomic E-state index is 14.0. The quantitative estimate of drug-likeness (QED) is 0.445. The van der Waals surface area contributed by atoms with Gasteiger partial charge in [-0.25, -0.2) is 0 Å². The standard InChI is InChI=1S/C26H32F3N5O2/c1-18-6-2-3-7-22(18)32-12-14-33(15-13-32)23-17-20(26(27,28)29)19(16-21(23)30)25(36)31-9-5-11-34-10-4-8-24(34)35/h2-3,6-7,16-17H,4-5,8-15,30H2,1H3,(H,31,36). The fraction of sp³-hybridized carbons (Fsp3) is 0.462. The molecule has 7 nitrogen and oxygen atoms in total. The van der Waals surface area contributed by atoms with E-state index in [1.54, 1.807) is 4.90 Å². The lowest BCUT2D eigenvalue weighted by molar-refractivity contribution is -0.138. The summed E-state index contributed by atoms with van der Waals surface area (Å²) in [7, 11) is 0. The predicted molar refractivity (Wildman–Crippen MR) is 134 cm³/mol. The third-order valence-corrected chi connectivity index (χ3v) is 6.86. The number of carbonyl (C=O) groups is 2. The number of nitrogens with zero attached hydrogens (tertiary/aromatic N) is 3. The van der Waals surface area contributed by atoms with E-state index in [2.05, 4.69) is 10.2 Å². The third kappa shape index (κ3) is 5.68. The Morgan fingerprint density at radius 2 is 1.69 bits per heavy atom. The fourth-order valence-corrected chi connectivity index (χ4v) is 4.92. The van der Waals surface area contributed by atoms with E-state index >= 15 is 0 Å². The largest absolute Gasteiger partial charge is 0.417 e. The summed E-state index contributed by atoms with van der Waals surface area (Å²) in [4.78, 5) is 30.1. The smallest absolute Gasteiger partial charge is 0.397 e. The van der Waals surface area contributed by atoms with Gasteiger partial charge >= 0.3 is 6.18 Å². The van der Waals surface area contributed by atoms with Crippen LogP contribution in [0.15, 0.2) is 36.4 Å². The van der Waals surface area contributed by atoms with Crippen LogP contribution >= 0.6 is 0 Å². The topological polar surface area (TPSA) is 81.9 Å². The van der Waals surface area contributed by atoms with Gasteiger partial charge in [0.2, 0.25) is 5.91 Å². The second-order valence-corrected chi connectivity index (χ2v) is 9.31. The Balaban J connectivity index is 1.44. The summed E-state index contributed by atoms with van der Waals surface area (Å²) < 4.78 is 41.9. The zero-order chi connectivity index (χ0) is 25.9. The predicted octanol–water partition coefficient (Wildman–Crippen LogP) is 3.66. The number of nitrogens with two attached hydrogens (primary N) is 1. The number of aryl methyl sites for hydroxylation is 1. The maximum absolute atomic E-state index is 14.0. The number of benzene rings is 2. The molecule has 0 radical (unpaired) electrons. The summed E-state index contributed by atoms with van der Waals surface area (Å²) in [5, 5.41) is 2.55. The first-order chi connectivity index (χ1) is 17.1. The van der Waals surface area contributed by atoms with Crippen molar-refractivity contribution in [3.8, 4) is 0 Å². The van der Waals surface area contributed by atoms with E-state index in [9.17, 15) is 22.8 Å². The van der Waals surface area contributed by atoms with Crippen molar-refractivity contribution in [1.29, 1.82) is 0 Å². The Morgan fingerprint density at radius 1 is 1.03 bits per heavy atom. The lowest BCUT2D eigenvalue weighted by Crippen LogP contribution is -2.47. The molecule has 10 heteroatoms. The van der Waals surface area contributed by atoms with Crippen LogP contribution in [-0.2, 0) is 11.0 Å². The molecule has 0 atom stereocenters. The highest BCUT2D eigenvalue weighted by molar-refractivity contribution is 5.98. The first kappa shape index (κ1) is 25.7. The van der Waals surface area contributed by atoms with E-state index < -0.39 is 23.2 Å². The number of hydrogen-bond donors (Lipinski definition) is 2. The molecule has 0 aliphatic carbocycles. The molecule has 2 aliphatic heterocycles. The van der Waals surface area contributed by atoms with Crippen LogP contribution in [0.4, 0.5) is 30.2 Å². The average molecular weight is 504 g/mol. The van der Waals surface area contributed by atoms with Crippen molar-refractivity contribution in [2.24, 2.45) is 0 Å². The zero-order valence-corrected chi connectivity index (χ0v) is 20.4. The van der Waals surface area contributed by atoms with E-state index in [0.29, 0.717) is 52.1 Å². The second kappa shape index (κ2) is 10.7. The van der Waals surface area contributed by atoms with Crippen LogP contribution in [0.5, 0.6) is 0 Å². The van der Waals surface area contributed by atoms with Crippen molar-refractivity contribution in [2.45, 2.75) is 32.4 Å². The van der Waals surface area contributed by atoms with Crippen molar-refractivity contribution in [3.63, 3.8) is 0 Å². The van der Waals surface area contributed by atoms with Crippen LogP contribution in [0.1, 0.15) is 40.7 Å². The van der Waals surface area contributed by atoms with Gasteiger partial charge in [-0.1, -0.05) is 18.2 Å². The molecular formula is C26H32F3N5O2. The number of carbonyl (C=O) groups excluding carboxylic acids is 2. The van der Waals surface area contributed by atoms with Gasteiger partial charge < -0.3 is 25.8 Å². The number of piperazine rings is 1. The van der Waals surface area contributed by atoms with Crippen molar-refractivity contribution in [3.05, 3.63) is 53.1 Å². The molecule has 0 bridgehead atoms. The molecule has 2 saturated heterocycles. The molecule has 0 spiro atoms. The first-order valence-corrected chi connectivity index (χ1v) is 12.3. The van der Waals surface area contributed by atoms with E-state index in [4.69, 9.17) is 5.73 Å². The number of halogens is 3. The van der Waals surface area contributed by atoms with E-state index in [0.717, 1.165) is 29.8 Å². The van der Waals surface area contributed by atoms with Crippen molar-refractivity contribution < 1.29 is 22.8 Å². The van der Waals surface area contributed by atoms with Gasteiger partial charge in [0, 0.05) is 57.9 Å². The maximum Gasteiger partial charge on any atom is 0.417 e. The Kier molecular flexibility index (Phi) is 7.61. The van der Waals surface area contributed by atoms with Gasteiger partial charge in [0.25, 0.3) is 5.91 Å². The SMILES string of the molecule is Cc1ccccc1N1CCN(c2cc(C(F)(F)F)c(C(=O)NCCCN3CCCC3=O)cc2N)CC1. The molecule has 194 valence electrons. The second-order valence-electron chi connectivity index (χ2n) is 9.31. The molecule has 0 aromatic heterocycles. The highest BCUT2D eigenvalue weighted by Gasteiger charge is 2.37. The summed E-state index contributed by atoms with van der Waals surface area (Å²) >= 11 is 0. The molecule has 2 aliphatic rings. The third-order valence-electron chi connectivity index (χ3n) is 6.86. The monoisotopic (exact) mass is 503 g/mol. The summed E-state index contributed by atoms with van der Waals surface area (Å²) in [6.07, 6.45) is -2.90. The van der Waals surface area contributed by atoms with Crippen molar-refractivity contribution in [1.82, 2.24) is 10.2 Å².